The van der Waals surface area contributed by atoms with E-state index in [1.807, 2.05) is 30.3 Å². The molecule has 0 saturated carbocycles. The van der Waals surface area contributed by atoms with Crippen molar-refractivity contribution in [3.63, 3.8) is 0 Å². The molecular formula is C16H17N3O. The van der Waals surface area contributed by atoms with Gasteiger partial charge in [-0.25, -0.2) is 0 Å². The number of aromatic hydroxyl groups is 1. The summed E-state index contributed by atoms with van der Waals surface area (Å²) in [7, 11) is 0. The van der Waals surface area contributed by atoms with E-state index in [0.29, 0.717) is 6.54 Å². The Labute approximate surface area is 118 Å². The highest BCUT2D eigenvalue weighted by atomic mass is 16.3. The largest absolute Gasteiger partial charge is 0.508 e. The summed E-state index contributed by atoms with van der Waals surface area (Å²) in [6.45, 7) is 2.41. The van der Waals surface area contributed by atoms with Crippen LogP contribution < -0.4 is 10.2 Å². The number of hydrogen-bond acceptors (Lipinski definition) is 4. The van der Waals surface area contributed by atoms with Gasteiger partial charge in [-0.3, -0.25) is 4.99 Å². The zero-order valence-corrected chi connectivity index (χ0v) is 11.2. The highest BCUT2D eigenvalue weighted by molar-refractivity contribution is 5.90. The Kier molecular flexibility index (Phi) is 3.54. The topological polar surface area (TPSA) is 47.9 Å². The minimum absolute atomic E-state index is 0.268. The van der Waals surface area contributed by atoms with E-state index in [2.05, 4.69) is 27.3 Å². The Balaban J connectivity index is 1.94. The van der Waals surface area contributed by atoms with E-state index < -0.39 is 0 Å². The van der Waals surface area contributed by atoms with Gasteiger partial charge in [0.25, 0.3) is 0 Å². The first-order valence-corrected chi connectivity index (χ1v) is 6.72. The third-order valence-electron chi connectivity index (χ3n) is 3.26. The summed E-state index contributed by atoms with van der Waals surface area (Å²) in [6.07, 6.45) is 0. The highest BCUT2D eigenvalue weighted by Gasteiger charge is 2.14. The molecule has 20 heavy (non-hydrogen) atoms. The lowest BCUT2D eigenvalue weighted by atomic mass is 10.2. The Hall–Kier alpha value is -2.49. The van der Waals surface area contributed by atoms with Crippen molar-refractivity contribution in [1.82, 2.24) is 5.32 Å². The van der Waals surface area contributed by atoms with Gasteiger partial charge in [-0.1, -0.05) is 24.3 Å². The van der Waals surface area contributed by atoms with Crippen molar-refractivity contribution in [3.8, 4) is 5.75 Å². The molecule has 2 aromatic rings. The molecule has 4 heteroatoms. The minimum Gasteiger partial charge on any atom is -0.508 e. The third kappa shape index (κ3) is 2.74. The summed E-state index contributed by atoms with van der Waals surface area (Å²) >= 11 is 0. The van der Waals surface area contributed by atoms with Gasteiger partial charge >= 0.3 is 0 Å². The summed E-state index contributed by atoms with van der Waals surface area (Å²) in [5.74, 6) is 1.25. The summed E-state index contributed by atoms with van der Waals surface area (Å²) in [5, 5.41) is 13.0. The summed E-state index contributed by atoms with van der Waals surface area (Å²) in [6, 6.07) is 17.4. The van der Waals surface area contributed by atoms with Gasteiger partial charge in [-0.05, 0) is 24.3 Å². The number of nitrogens with one attached hydrogen (secondary N) is 1. The average molecular weight is 267 g/mol. The van der Waals surface area contributed by atoms with Gasteiger partial charge < -0.3 is 15.3 Å². The van der Waals surface area contributed by atoms with Gasteiger partial charge in [-0.2, -0.15) is 0 Å². The number of rotatable bonds is 4. The Morgan fingerprint density at radius 3 is 2.55 bits per heavy atom. The summed E-state index contributed by atoms with van der Waals surface area (Å²) in [5.41, 5.74) is 2.03. The average Bonchev–Trinajstić information content (AvgIpc) is 2.99. The molecule has 2 aromatic carbocycles. The molecule has 0 radical (unpaired) electrons. The molecule has 0 unspecified atom stereocenters. The van der Waals surface area contributed by atoms with E-state index in [4.69, 9.17) is 0 Å². The molecular weight excluding hydrogens is 250 g/mol. The Morgan fingerprint density at radius 1 is 1.05 bits per heavy atom. The number of phenolic OH excluding ortho intramolecular Hbond substituents is 1. The fourth-order valence-electron chi connectivity index (χ4n) is 2.30. The lowest BCUT2D eigenvalue weighted by molar-refractivity contribution is 0.475. The molecule has 102 valence electrons. The smallest absolute Gasteiger partial charge is 0.117 e. The van der Waals surface area contributed by atoms with Gasteiger partial charge in [-0.15, -0.1) is 0 Å². The second-order valence-corrected chi connectivity index (χ2v) is 4.70. The monoisotopic (exact) mass is 267 g/mol. The fourth-order valence-corrected chi connectivity index (χ4v) is 2.30. The van der Waals surface area contributed by atoms with E-state index in [1.165, 1.54) is 0 Å². The number of nitrogens with zero attached hydrogens (tertiary/aromatic N) is 2. The van der Waals surface area contributed by atoms with Crippen molar-refractivity contribution in [2.45, 2.75) is 0 Å². The van der Waals surface area contributed by atoms with Crippen molar-refractivity contribution in [3.05, 3.63) is 54.6 Å². The molecule has 0 aliphatic carbocycles. The second kappa shape index (κ2) is 5.65. The van der Waals surface area contributed by atoms with Crippen LogP contribution >= 0.6 is 0 Å². The van der Waals surface area contributed by atoms with Crippen molar-refractivity contribution in [1.29, 1.82) is 0 Å². The van der Waals surface area contributed by atoms with Crippen LogP contribution in [0.5, 0.6) is 5.75 Å². The number of hydrogen-bond donors (Lipinski definition) is 2. The van der Waals surface area contributed by atoms with Crippen molar-refractivity contribution < 1.29 is 5.11 Å². The standard InChI is InChI=1S/C16H17N3O/c20-15-8-4-7-14(11-15)19(12-16-17-9-10-18-16)13-5-2-1-3-6-13/h1-8,11,20H,9-10,12H2,(H,17,18). The zero-order chi connectivity index (χ0) is 13.8. The van der Waals surface area contributed by atoms with Crippen molar-refractivity contribution in [2.24, 2.45) is 4.99 Å². The second-order valence-electron chi connectivity index (χ2n) is 4.70. The van der Waals surface area contributed by atoms with Crippen molar-refractivity contribution in [2.75, 3.05) is 24.5 Å². The van der Waals surface area contributed by atoms with Gasteiger partial charge in [0.2, 0.25) is 0 Å². The van der Waals surface area contributed by atoms with Gasteiger partial charge in [0.1, 0.15) is 11.6 Å². The van der Waals surface area contributed by atoms with Crippen LogP contribution in [0.15, 0.2) is 59.6 Å². The van der Waals surface area contributed by atoms with E-state index in [1.54, 1.807) is 12.1 Å². The first-order chi connectivity index (χ1) is 9.83. The lowest BCUT2D eigenvalue weighted by Crippen LogP contribution is -2.32. The maximum Gasteiger partial charge on any atom is 0.117 e. The van der Waals surface area contributed by atoms with E-state index in [-0.39, 0.29) is 5.75 Å². The summed E-state index contributed by atoms with van der Waals surface area (Å²) < 4.78 is 0. The number of phenols is 1. The van der Waals surface area contributed by atoms with Gasteiger partial charge in [0, 0.05) is 24.0 Å². The number of para-hydroxylation sites is 1. The third-order valence-corrected chi connectivity index (χ3v) is 3.26. The first-order valence-electron chi connectivity index (χ1n) is 6.72. The molecule has 0 atom stereocenters. The molecule has 0 aromatic heterocycles. The molecule has 1 aliphatic rings. The van der Waals surface area contributed by atoms with Crippen LogP contribution in [-0.2, 0) is 0 Å². The number of amidine groups is 1. The van der Waals surface area contributed by atoms with Crippen LogP contribution in [0.1, 0.15) is 0 Å². The Bertz CT molecular complexity index is 610. The molecule has 1 heterocycles. The molecule has 0 spiro atoms. The molecule has 0 amide bonds. The minimum atomic E-state index is 0.268. The van der Waals surface area contributed by atoms with E-state index in [0.717, 1.165) is 30.3 Å². The van der Waals surface area contributed by atoms with Crippen LogP contribution in [-0.4, -0.2) is 30.6 Å². The van der Waals surface area contributed by atoms with Gasteiger partial charge in [0.15, 0.2) is 0 Å². The molecule has 1 aliphatic heterocycles. The molecule has 0 bridgehead atoms. The van der Waals surface area contributed by atoms with Crippen LogP contribution in [0.25, 0.3) is 0 Å². The highest BCUT2D eigenvalue weighted by Crippen LogP contribution is 2.27. The molecule has 2 N–H and O–H groups in total. The van der Waals surface area contributed by atoms with Gasteiger partial charge in [0.05, 0.1) is 13.1 Å². The predicted molar refractivity (Wildman–Crippen MR) is 81.9 cm³/mol. The number of benzene rings is 2. The molecule has 4 nitrogen and oxygen atoms in total. The SMILES string of the molecule is Oc1cccc(N(CC2=NCCN2)c2ccccc2)c1. The molecule has 3 rings (SSSR count). The quantitative estimate of drug-likeness (QED) is 0.895. The molecule has 0 saturated heterocycles. The normalized spacial score (nSPS) is 13.7. The zero-order valence-electron chi connectivity index (χ0n) is 11.2. The van der Waals surface area contributed by atoms with E-state index in [9.17, 15) is 5.11 Å². The van der Waals surface area contributed by atoms with Crippen LogP contribution in [0, 0.1) is 0 Å². The van der Waals surface area contributed by atoms with Crippen molar-refractivity contribution >= 4 is 17.2 Å². The number of aliphatic imine (C=N–C) groups is 1. The molecule has 0 fully saturated rings. The lowest BCUT2D eigenvalue weighted by Gasteiger charge is -2.25. The maximum absolute atomic E-state index is 9.70. The summed E-state index contributed by atoms with van der Waals surface area (Å²) in [4.78, 5) is 6.59. The Morgan fingerprint density at radius 2 is 1.85 bits per heavy atom. The maximum atomic E-state index is 9.70. The number of anilines is 2. The van der Waals surface area contributed by atoms with E-state index >= 15 is 0 Å². The fraction of sp³-hybridized carbons (Fsp3) is 0.188. The van der Waals surface area contributed by atoms with Crippen LogP contribution in [0.3, 0.4) is 0 Å². The first kappa shape index (κ1) is 12.5. The van der Waals surface area contributed by atoms with Crippen LogP contribution in [0.2, 0.25) is 0 Å². The predicted octanol–water partition coefficient (Wildman–Crippen LogP) is 2.53. The van der Waals surface area contributed by atoms with Crippen LogP contribution in [0.4, 0.5) is 11.4 Å².